The van der Waals surface area contributed by atoms with Crippen molar-refractivity contribution in [3.63, 3.8) is 0 Å². The van der Waals surface area contributed by atoms with E-state index < -0.39 is 0 Å². The van der Waals surface area contributed by atoms with Crippen molar-refractivity contribution >= 4 is 23.3 Å². The van der Waals surface area contributed by atoms with Gasteiger partial charge in [-0.15, -0.1) is 11.3 Å². The minimum atomic E-state index is -0.117. The predicted octanol–water partition coefficient (Wildman–Crippen LogP) is 3.65. The van der Waals surface area contributed by atoms with Crippen molar-refractivity contribution in [1.29, 1.82) is 0 Å². The molecule has 3 heterocycles. The molecule has 1 atom stereocenters. The van der Waals surface area contributed by atoms with E-state index in [2.05, 4.69) is 34.3 Å². The zero-order chi connectivity index (χ0) is 18.6. The monoisotopic (exact) mass is 377 g/mol. The summed E-state index contributed by atoms with van der Waals surface area (Å²) in [7, 11) is 0. The van der Waals surface area contributed by atoms with E-state index in [0.717, 1.165) is 39.4 Å². The smallest absolute Gasteiger partial charge is 0.244 e. The SMILES string of the molecule is Cc1cc2c(c(-c3cnccn3)c1)O[C@H](CNC(=O)/C=C/c1cccs1)C2. The summed E-state index contributed by atoms with van der Waals surface area (Å²) < 4.78 is 6.14. The van der Waals surface area contributed by atoms with E-state index in [1.165, 1.54) is 0 Å². The molecule has 0 spiro atoms. The number of nitrogens with zero attached hydrogens (tertiary/aromatic N) is 2. The lowest BCUT2D eigenvalue weighted by Gasteiger charge is -2.13. The molecule has 27 heavy (non-hydrogen) atoms. The molecule has 0 saturated carbocycles. The van der Waals surface area contributed by atoms with Crippen LogP contribution < -0.4 is 10.1 Å². The van der Waals surface area contributed by atoms with Crippen LogP contribution in [0.4, 0.5) is 0 Å². The van der Waals surface area contributed by atoms with E-state index in [9.17, 15) is 4.79 Å². The first kappa shape index (κ1) is 17.4. The Morgan fingerprint density at radius 1 is 1.41 bits per heavy atom. The molecule has 4 rings (SSSR count). The highest BCUT2D eigenvalue weighted by atomic mass is 32.1. The number of amides is 1. The van der Waals surface area contributed by atoms with Gasteiger partial charge >= 0.3 is 0 Å². The number of rotatable bonds is 5. The third-order valence-corrected chi connectivity index (χ3v) is 5.17. The van der Waals surface area contributed by atoms with Crippen molar-refractivity contribution in [2.24, 2.45) is 0 Å². The standard InChI is InChI=1S/C21H19N3O2S/c1-14-9-15-11-16(12-24-20(25)5-4-17-3-2-8-27-17)26-21(15)18(10-14)19-13-22-6-7-23-19/h2-10,13,16H,11-12H2,1H3,(H,24,25)/b5-4+/t16-/m0/s1. The van der Waals surface area contributed by atoms with Crippen LogP contribution in [0.3, 0.4) is 0 Å². The van der Waals surface area contributed by atoms with Gasteiger partial charge in [-0.25, -0.2) is 0 Å². The maximum absolute atomic E-state index is 12.0. The molecule has 3 aromatic rings. The van der Waals surface area contributed by atoms with Crippen molar-refractivity contribution < 1.29 is 9.53 Å². The Bertz CT molecular complexity index is 969. The van der Waals surface area contributed by atoms with E-state index >= 15 is 0 Å². The summed E-state index contributed by atoms with van der Waals surface area (Å²) in [5, 5.41) is 4.91. The van der Waals surface area contributed by atoms with E-state index in [1.807, 2.05) is 23.6 Å². The van der Waals surface area contributed by atoms with Crippen LogP contribution in [-0.2, 0) is 11.2 Å². The summed E-state index contributed by atoms with van der Waals surface area (Å²) in [5.41, 5.74) is 4.04. The number of hydrogen-bond donors (Lipinski definition) is 1. The minimum Gasteiger partial charge on any atom is -0.487 e. The van der Waals surface area contributed by atoms with Crippen molar-refractivity contribution in [3.8, 4) is 17.0 Å². The summed E-state index contributed by atoms with van der Waals surface area (Å²) in [6.45, 7) is 2.52. The van der Waals surface area contributed by atoms with E-state index in [4.69, 9.17) is 4.74 Å². The molecule has 1 N–H and O–H groups in total. The number of fused-ring (bicyclic) bond motifs is 1. The van der Waals surface area contributed by atoms with Gasteiger partial charge in [0.2, 0.25) is 5.91 Å². The highest BCUT2D eigenvalue weighted by molar-refractivity contribution is 7.10. The largest absolute Gasteiger partial charge is 0.487 e. The Balaban J connectivity index is 1.43. The number of benzene rings is 1. The molecule has 0 radical (unpaired) electrons. The van der Waals surface area contributed by atoms with Crippen LogP contribution in [-0.4, -0.2) is 28.5 Å². The molecule has 0 saturated heterocycles. The average Bonchev–Trinajstić information content (AvgIpc) is 3.34. The number of aromatic nitrogens is 2. The molecule has 0 bridgehead atoms. The van der Waals surface area contributed by atoms with E-state index in [1.54, 1.807) is 36.0 Å². The first-order valence-corrected chi connectivity index (χ1v) is 9.63. The Morgan fingerprint density at radius 3 is 3.11 bits per heavy atom. The van der Waals surface area contributed by atoms with Crippen LogP contribution in [0, 0.1) is 6.92 Å². The fourth-order valence-corrected chi connectivity index (χ4v) is 3.77. The van der Waals surface area contributed by atoms with Crippen molar-refractivity contribution in [3.05, 3.63) is 70.3 Å². The maximum atomic E-state index is 12.0. The zero-order valence-corrected chi connectivity index (χ0v) is 15.7. The normalized spacial score (nSPS) is 15.5. The van der Waals surface area contributed by atoms with Crippen molar-refractivity contribution in [1.82, 2.24) is 15.3 Å². The van der Waals surface area contributed by atoms with Gasteiger partial charge in [-0.2, -0.15) is 0 Å². The van der Waals surface area contributed by atoms with E-state index in [0.29, 0.717) is 6.54 Å². The third kappa shape index (κ3) is 4.06. The molecular weight excluding hydrogens is 358 g/mol. The number of nitrogens with one attached hydrogen (secondary N) is 1. The van der Waals surface area contributed by atoms with Gasteiger partial charge in [0.05, 0.1) is 18.4 Å². The van der Waals surface area contributed by atoms with Gasteiger partial charge in [-0.05, 0) is 41.6 Å². The molecule has 1 aliphatic heterocycles. The molecule has 0 aliphatic carbocycles. The number of ether oxygens (including phenoxy) is 1. The quantitative estimate of drug-likeness (QED) is 0.690. The first-order chi connectivity index (χ1) is 13.2. The Morgan fingerprint density at radius 2 is 2.33 bits per heavy atom. The fraction of sp³-hybridized carbons (Fsp3) is 0.190. The lowest BCUT2D eigenvalue weighted by atomic mass is 10.0. The maximum Gasteiger partial charge on any atom is 0.244 e. The molecule has 6 heteroatoms. The molecule has 136 valence electrons. The van der Waals surface area contributed by atoms with Gasteiger partial charge < -0.3 is 10.1 Å². The second kappa shape index (κ2) is 7.72. The summed E-state index contributed by atoms with van der Waals surface area (Å²) in [6.07, 6.45) is 9.13. The second-order valence-electron chi connectivity index (χ2n) is 6.43. The van der Waals surface area contributed by atoms with Gasteiger partial charge in [0.15, 0.2) is 0 Å². The Hall–Kier alpha value is -2.99. The Labute approximate surface area is 161 Å². The lowest BCUT2D eigenvalue weighted by Crippen LogP contribution is -2.33. The number of hydrogen-bond acceptors (Lipinski definition) is 5. The van der Waals surface area contributed by atoms with Crippen molar-refractivity contribution in [2.75, 3.05) is 6.54 Å². The van der Waals surface area contributed by atoms with Crippen LogP contribution >= 0.6 is 11.3 Å². The van der Waals surface area contributed by atoms with Gasteiger partial charge in [0.25, 0.3) is 0 Å². The summed E-state index contributed by atoms with van der Waals surface area (Å²) in [6, 6.07) is 8.13. The Kier molecular flexibility index (Phi) is 4.98. The summed E-state index contributed by atoms with van der Waals surface area (Å²) in [4.78, 5) is 21.6. The topological polar surface area (TPSA) is 64.1 Å². The third-order valence-electron chi connectivity index (χ3n) is 4.33. The second-order valence-corrected chi connectivity index (χ2v) is 7.41. The molecule has 5 nitrogen and oxygen atoms in total. The van der Waals surface area contributed by atoms with Crippen LogP contribution in [0.25, 0.3) is 17.3 Å². The van der Waals surface area contributed by atoms with Gasteiger partial charge in [0.1, 0.15) is 11.9 Å². The van der Waals surface area contributed by atoms with Crippen LogP contribution in [0.5, 0.6) is 5.75 Å². The highest BCUT2D eigenvalue weighted by Gasteiger charge is 2.27. The van der Waals surface area contributed by atoms with Crippen molar-refractivity contribution in [2.45, 2.75) is 19.4 Å². The fourth-order valence-electron chi connectivity index (χ4n) is 3.15. The van der Waals surface area contributed by atoms with Gasteiger partial charge in [-0.3, -0.25) is 14.8 Å². The molecule has 1 aliphatic rings. The average molecular weight is 377 g/mol. The minimum absolute atomic E-state index is 0.0868. The molecule has 1 amide bonds. The molecule has 0 unspecified atom stereocenters. The molecular formula is C21H19N3O2S. The number of carbonyl (C=O) groups is 1. The molecule has 2 aromatic heterocycles. The summed E-state index contributed by atoms with van der Waals surface area (Å²) in [5.74, 6) is 0.725. The molecule has 1 aromatic carbocycles. The van der Waals surface area contributed by atoms with Crippen LogP contribution in [0.2, 0.25) is 0 Å². The number of carbonyl (C=O) groups excluding carboxylic acids is 1. The lowest BCUT2D eigenvalue weighted by molar-refractivity contribution is -0.116. The highest BCUT2D eigenvalue weighted by Crippen LogP contribution is 2.38. The van der Waals surface area contributed by atoms with Gasteiger partial charge in [0, 0.05) is 35.3 Å². The summed E-state index contributed by atoms with van der Waals surface area (Å²) >= 11 is 1.60. The zero-order valence-electron chi connectivity index (χ0n) is 14.9. The number of aryl methyl sites for hydroxylation is 1. The van der Waals surface area contributed by atoms with Crippen LogP contribution in [0.15, 0.2) is 54.3 Å². The first-order valence-electron chi connectivity index (χ1n) is 8.75. The predicted molar refractivity (Wildman–Crippen MR) is 107 cm³/mol. The van der Waals surface area contributed by atoms with Gasteiger partial charge in [-0.1, -0.05) is 12.1 Å². The van der Waals surface area contributed by atoms with E-state index in [-0.39, 0.29) is 12.0 Å². The van der Waals surface area contributed by atoms with Crippen LogP contribution in [0.1, 0.15) is 16.0 Å². The molecule has 0 fully saturated rings. The number of thiophene rings is 1.